The van der Waals surface area contributed by atoms with Gasteiger partial charge in [0.15, 0.2) is 11.9 Å². The Bertz CT molecular complexity index is 2830. The normalized spacial score (nSPS) is 18.1. The maximum atomic E-state index is 13.7. The number of hydrogen-bond acceptors (Lipinski definition) is 17. The monoisotopic (exact) mass is 1050 g/mol. The number of para-hydroxylation sites is 2. The predicted molar refractivity (Wildman–Crippen MR) is 277 cm³/mol. The van der Waals surface area contributed by atoms with Crippen molar-refractivity contribution in [3.05, 3.63) is 96.0 Å². The average Bonchev–Trinajstić information content (AvgIpc) is 4.09. The highest BCUT2D eigenvalue weighted by molar-refractivity contribution is 6.08. The minimum atomic E-state index is -1.60. The van der Waals surface area contributed by atoms with Gasteiger partial charge in [-0.1, -0.05) is 36.4 Å². The number of amides is 4. The van der Waals surface area contributed by atoms with Crippen molar-refractivity contribution >= 4 is 63.4 Å². The maximum absolute atomic E-state index is 13.7. The van der Waals surface area contributed by atoms with Crippen molar-refractivity contribution in [2.24, 2.45) is 0 Å². The molecule has 404 valence electrons. The van der Waals surface area contributed by atoms with E-state index in [9.17, 15) is 54.0 Å². The van der Waals surface area contributed by atoms with Crippen LogP contribution in [-0.4, -0.2) is 249 Å². The smallest absolute Gasteiger partial charge is 0.317 e. The summed E-state index contributed by atoms with van der Waals surface area (Å²) in [5.41, 5.74) is 3.89. The van der Waals surface area contributed by atoms with E-state index in [1.54, 1.807) is 74.2 Å². The van der Waals surface area contributed by atoms with Crippen molar-refractivity contribution < 1.29 is 58.4 Å². The van der Waals surface area contributed by atoms with E-state index in [4.69, 9.17) is 4.42 Å². The Kier molecular flexibility index (Phi) is 18.8. The molecule has 23 nitrogen and oxygen atoms in total. The maximum Gasteiger partial charge on any atom is 0.317 e. The van der Waals surface area contributed by atoms with Crippen LogP contribution in [0.4, 0.5) is 0 Å². The van der Waals surface area contributed by atoms with Crippen LogP contribution in [0.2, 0.25) is 0 Å². The van der Waals surface area contributed by atoms with Crippen LogP contribution in [0.5, 0.6) is 0 Å². The number of ketones is 1. The minimum absolute atomic E-state index is 0.0500. The molecule has 8 rings (SSSR count). The summed E-state index contributed by atoms with van der Waals surface area (Å²) < 4.78 is 5.68. The van der Waals surface area contributed by atoms with E-state index in [1.165, 1.54) is 11.1 Å². The van der Waals surface area contributed by atoms with Gasteiger partial charge < -0.3 is 45.3 Å². The van der Waals surface area contributed by atoms with Crippen LogP contribution in [-0.2, 0) is 19.2 Å². The third-order valence-corrected chi connectivity index (χ3v) is 14.1. The van der Waals surface area contributed by atoms with Crippen LogP contribution in [0.3, 0.4) is 0 Å². The van der Waals surface area contributed by atoms with Crippen LogP contribution in [0.1, 0.15) is 44.2 Å². The molecule has 0 unspecified atom stereocenters. The fraction of sp³-hybridized carbons (Fsp3) is 0.453. The molecular formula is C53H65N11O12. The van der Waals surface area contributed by atoms with Gasteiger partial charge in [-0.2, -0.15) is 0 Å². The summed E-state index contributed by atoms with van der Waals surface area (Å²) in [7, 11) is 0. The summed E-state index contributed by atoms with van der Waals surface area (Å²) in [6, 6.07) is 20.5. The molecule has 3 aliphatic rings. The number of nitrogens with zero attached hydrogens (tertiary/aromatic N) is 9. The highest BCUT2D eigenvalue weighted by Crippen LogP contribution is 2.27. The first-order chi connectivity index (χ1) is 36.7. The van der Waals surface area contributed by atoms with Gasteiger partial charge in [-0.05, 0) is 60.4 Å². The molecule has 3 aliphatic heterocycles. The fourth-order valence-corrected chi connectivity index (χ4v) is 9.97. The predicted octanol–water partition coefficient (Wildman–Crippen LogP) is 0.222. The Balaban J connectivity index is 0.796. The van der Waals surface area contributed by atoms with Gasteiger partial charge in [0.25, 0.3) is 17.7 Å². The van der Waals surface area contributed by atoms with E-state index in [1.807, 2.05) is 23.1 Å². The van der Waals surface area contributed by atoms with Crippen molar-refractivity contribution in [1.82, 2.24) is 54.9 Å². The third kappa shape index (κ3) is 14.8. The van der Waals surface area contributed by atoms with Gasteiger partial charge in [0, 0.05) is 122 Å². The Morgan fingerprint density at radius 3 is 1.95 bits per heavy atom. The Morgan fingerprint density at radius 2 is 1.28 bits per heavy atom. The van der Waals surface area contributed by atoms with Gasteiger partial charge >= 0.3 is 11.9 Å². The fourth-order valence-electron chi connectivity index (χ4n) is 9.97. The number of rotatable bonds is 18. The van der Waals surface area contributed by atoms with Gasteiger partial charge in [-0.3, -0.25) is 63.0 Å². The largest absolute Gasteiger partial charge is 0.480 e. The number of β-amino-alcohol motifs (C(OH)–C–C–N with tert-alkyl or cyclic N) is 2. The number of aliphatic hydroxyl groups excluding tert-OH is 1. The molecule has 3 aromatic carbocycles. The summed E-state index contributed by atoms with van der Waals surface area (Å²) in [4.78, 5) is 112. The topological polar surface area (TPSA) is 286 Å². The van der Waals surface area contributed by atoms with Crippen LogP contribution in [0.25, 0.3) is 33.1 Å². The molecule has 4 amide bonds. The molecule has 0 saturated carbocycles. The van der Waals surface area contributed by atoms with E-state index in [0.717, 1.165) is 11.1 Å². The van der Waals surface area contributed by atoms with E-state index in [2.05, 4.69) is 25.5 Å². The van der Waals surface area contributed by atoms with Crippen molar-refractivity contribution in [2.45, 2.75) is 25.2 Å². The van der Waals surface area contributed by atoms with E-state index in [-0.39, 0.29) is 56.2 Å². The lowest BCUT2D eigenvalue weighted by Crippen LogP contribution is -2.53. The van der Waals surface area contributed by atoms with E-state index in [0.29, 0.717) is 144 Å². The van der Waals surface area contributed by atoms with Crippen molar-refractivity contribution in [1.29, 1.82) is 0 Å². The molecule has 2 aromatic heterocycles. The number of carbonyl (C=O) groups excluding carboxylic acids is 5. The molecule has 0 radical (unpaired) electrons. The van der Waals surface area contributed by atoms with Crippen LogP contribution in [0, 0.1) is 0 Å². The second kappa shape index (κ2) is 26.0. The number of hydrogen-bond donors (Lipinski definition) is 6. The first-order valence-corrected chi connectivity index (χ1v) is 25.6. The van der Waals surface area contributed by atoms with Gasteiger partial charge in [0.05, 0.1) is 37.3 Å². The Labute approximate surface area is 438 Å². The molecule has 23 heteroatoms. The third-order valence-electron chi connectivity index (χ3n) is 14.1. The zero-order chi connectivity index (χ0) is 53.7. The van der Waals surface area contributed by atoms with Crippen molar-refractivity contribution in [3.8, 4) is 11.1 Å². The van der Waals surface area contributed by atoms with Crippen molar-refractivity contribution in [3.63, 3.8) is 0 Å². The van der Waals surface area contributed by atoms with Crippen LogP contribution < -0.4 is 10.6 Å². The van der Waals surface area contributed by atoms with Crippen LogP contribution in [0.15, 0.2) is 83.4 Å². The lowest BCUT2D eigenvalue weighted by molar-refractivity contribution is -0.139. The first kappa shape index (κ1) is 55.0. The molecule has 0 bridgehead atoms. The summed E-state index contributed by atoms with van der Waals surface area (Å²) >= 11 is 0. The quantitative estimate of drug-likeness (QED) is 0.0506. The van der Waals surface area contributed by atoms with Gasteiger partial charge in [0.2, 0.25) is 17.6 Å². The number of aliphatic carboxylic acids is 2. The Morgan fingerprint density at radius 1 is 0.632 bits per heavy atom. The zero-order valence-electron chi connectivity index (χ0n) is 42.3. The van der Waals surface area contributed by atoms with Gasteiger partial charge in [-0.15, -0.1) is 0 Å². The number of likely N-dealkylation sites (tertiary alicyclic amines) is 1. The Hall–Kier alpha value is -7.25. The highest BCUT2D eigenvalue weighted by atomic mass is 16.5. The molecule has 5 heterocycles. The average molecular weight is 1050 g/mol. The number of carboxylic acids is 2. The molecule has 1 atom stereocenters. The summed E-state index contributed by atoms with van der Waals surface area (Å²) in [6.45, 7) is 5.47. The van der Waals surface area contributed by atoms with Gasteiger partial charge in [0.1, 0.15) is 11.6 Å². The molecule has 3 fully saturated rings. The minimum Gasteiger partial charge on any atom is -0.480 e. The van der Waals surface area contributed by atoms with Crippen molar-refractivity contribution in [2.75, 3.05) is 131 Å². The number of benzene rings is 3. The molecule has 0 aliphatic carbocycles. The number of aliphatic hydroxyl groups is 2. The molecular weight excluding hydrogens is 983 g/mol. The zero-order valence-corrected chi connectivity index (χ0v) is 42.3. The SMILES string of the molecule is O=C(O)CN1CCN(CC(=O)N2CCN(CCNC(=O)c3cccc(-c4ccc5c(C(=O)NCC(=O)N6CCC[C@H]6C(=O)c6nc7ccccc7o6)ccnc5c4)c3)CC2)CCN(CC(=O)O)CCN(CC(O)O)CC1. The van der Waals surface area contributed by atoms with E-state index < -0.39 is 36.1 Å². The number of oxazole rings is 1. The van der Waals surface area contributed by atoms with E-state index >= 15 is 0 Å². The molecule has 3 saturated heterocycles. The number of carboxylic acid groups (broad SMARTS) is 2. The van der Waals surface area contributed by atoms with Crippen LogP contribution >= 0.6 is 0 Å². The number of fused-ring (bicyclic) bond motifs is 2. The molecule has 6 N–H and O–H groups in total. The summed E-state index contributed by atoms with van der Waals surface area (Å²) in [5.74, 6) is -3.64. The van der Waals surface area contributed by atoms with Gasteiger partial charge in [-0.25, -0.2) is 4.98 Å². The number of aromatic nitrogens is 2. The number of nitrogens with one attached hydrogen (secondary N) is 2. The first-order valence-electron chi connectivity index (χ1n) is 25.6. The second-order valence-electron chi connectivity index (χ2n) is 19.3. The summed E-state index contributed by atoms with van der Waals surface area (Å²) in [6.07, 6.45) is 1.01. The number of Topliss-reactive ketones (excluding diaryl/α,β-unsaturated/α-hetero) is 1. The molecule has 0 spiro atoms. The standard InChI is InChI=1S/C53H65N11O12/c65-45(64-15-4-8-43(64)50(73)53-57-41-7-1-2-9-44(41)76-53)31-56-52(75)40-12-13-54-42-30-37(10-11-39(40)42)36-5-3-6-38(29-36)51(74)55-14-16-58-25-27-63(28-26-58)46(66)32-59-17-19-60(33-47(67)68)21-23-62(35-49(71)72)24-22-61(20-18-59)34-48(69)70/h1-3,5-7,9-13,29-30,43,49,71-72H,4,8,14-28,31-35H2,(H,55,74)(H,56,75)(H,67,68)(H,69,70)/t43-/m0/s1. The molecule has 76 heavy (non-hydrogen) atoms. The summed E-state index contributed by atoms with van der Waals surface area (Å²) in [5, 5.41) is 44.7. The number of piperazine rings is 1. The molecule has 5 aromatic rings. The lowest BCUT2D eigenvalue weighted by Gasteiger charge is -2.37. The number of carbonyl (C=O) groups is 7. The number of pyridine rings is 1. The lowest BCUT2D eigenvalue weighted by atomic mass is 9.99. The highest BCUT2D eigenvalue weighted by Gasteiger charge is 2.37. The second-order valence-corrected chi connectivity index (χ2v) is 19.3.